The first kappa shape index (κ1) is 21.2. The van der Waals surface area contributed by atoms with Gasteiger partial charge in [-0.2, -0.15) is 0 Å². The van der Waals surface area contributed by atoms with Crippen LogP contribution in [-0.4, -0.2) is 14.8 Å². The molecule has 0 bridgehead atoms. The topological polar surface area (TPSA) is 25.2 Å². The van der Waals surface area contributed by atoms with Gasteiger partial charge in [-0.3, -0.25) is 9.69 Å². The standard InChI is InChI=1S/C26H19BrN2OS2/c1-17-6-8-18(9-7-17)15-28-16-19(22-4-2-3-5-23(22)28)14-24-25(30)29(26(31)32-24)21-12-10-20(27)11-13-21/h2-14,16H,15H2,1H3/b24-14-. The van der Waals surface area contributed by atoms with E-state index in [1.165, 1.54) is 22.9 Å². The van der Waals surface area contributed by atoms with Crippen molar-refractivity contribution in [3.05, 3.63) is 105 Å². The number of carbonyl (C=O) groups is 1. The van der Waals surface area contributed by atoms with Crippen molar-refractivity contribution in [1.82, 2.24) is 4.57 Å². The number of fused-ring (bicyclic) bond motifs is 1. The Hall–Kier alpha value is -2.67. The van der Waals surface area contributed by atoms with Crippen LogP contribution in [0.2, 0.25) is 0 Å². The van der Waals surface area contributed by atoms with E-state index < -0.39 is 0 Å². The van der Waals surface area contributed by atoms with E-state index in [4.69, 9.17) is 12.2 Å². The Morgan fingerprint density at radius 2 is 1.72 bits per heavy atom. The van der Waals surface area contributed by atoms with E-state index in [0.29, 0.717) is 9.23 Å². The van der Waals surface area contributed by atoms with Crippen molar-refractivity contribution in [3.63, 3.8) is 0 Å². The molecule has 1 aliphatic rings. The van der Waals surface area contributed by atoms with Gasteiger partial charge in [-0.15, -0.1) is 0 Å². The number of halogens is 1. The van der Waals surface area contributed by atoms with Gasteiger partial charge in [0.05, 0.1) is 10.6 Å². The number of carbonyl (C=O) groups excluding carboxylic acids is 1. The lowest BCUT2D eigenvalue weighted by atomic mass is 10.1. The summed E-state index contributed by atoms with van der Waals surface area (Å²) in [4.78, 5) is 15.4. The van der Waals surface area contributed by atoms with Crippen LogP contribution in [0.25, 0.3) is 17.0 Å². The lowest BCUT2D eigenvalue weighted by Crippen LogP contribution is -2.27. The number of benzene rings is 3. The summed E-state index contributed by atoms with van der Waals surface area (Å²) in [5, 5.41) is 1.12. The van der Waals surface area contributed by atoms with Gasteiger partial charge in [0.2, 0.25) is 0 Å². The van der Waals surface area contributed by atoms with Gasteiger partial charge in [0.15, 0.2) is 4.32 Å². The molecule has 1 saturated heterocycles. The fraction of sp³-hybridized carbons (Fsp3) is 0.0769. The summed E-state index contributed by atoms with van der Waals surface area (Å²) in [5.74, 6) is -0.0855. The summed E-state index contributed by atoms with van der Waals surface area (Å²) in [6.45, 7) is 2.87. The van der Waals surface area contributed by atoms with Crippen LogP contribution in [0, 0.1) is 6.92 Å². The van der Waals surface area contributed by atoms with Gasteiger partial charge in [-0.25, -0.2) is 0 Å². The molecule has 0 radical (unpaired) electrons. The predicted octanol–water partition coefficient (Wildman–Crippen LogP) is 7.17. The highest BCUT2D eigenvalue weighted by Crippen LogP contribution is 2.37. The Balaban J connectivity index is 1.51. The number of thiocarbonyl (C=S) groups is 1. The van der Waals surface area contributed by atoms with E-state index in [0.717, 1.165) is 33.2 Å². The second-order valence-corrected chi connectivity index (χ2v) is 10.3. The van der Waals surface area contributed by atoms with E-state index in [2.05, 4.69) is 70.0 Å². The molecule has 1 aliphatic heterocycles. The second-order valence-electron chi connectivity index (χ2n) is 7.71. The average Bonchev–Trinajstić information content (AvgIpc) is 3.27. The molecule has 0 atom stereocenters. The highest BCUT2D eigenvalue weighted by molar-refractivity contribution is 9.10. The molecule has 3 aromatic carbocycles. The van der Waals surface area contributed by atoms with Crippen LogP contribution in [0.3, 0.4) is 0 Å². The smallest absolute Gasteiger partial charge is 0.270 e. The largest absolute Gasteiger partial charge is 0.342 e. The molecule has 32 heavy (non-hydrogen) atoms. The van der Waals surface area contributed by atoms with E-state index in [1.807, 2.05) is 42.5 Å². The minimum Gasteiger partial charge on any atom is -0.342 e. The van der Waals surface area contributed by atoms with Crippen molar-refractivity contribution < 1.29 is 4.79 Å². The second kappa shape index (κ2) is 8.70. The van der Waals surface area contributed by atoms with Crippen LogP contribution < -0.4 is 4.90 Å². The van der Waals surface area contributed by atoms with Crippen molar-refractivity contribution in [2.24, 2.45) is 0 Å². The minimum absolute atomic E-state index is 0.0855. The SMILES string of the molecule is Cc1ccc(Cn2cc(/C=C3\SC(=S)N(c4ccc(Br)cc4)C3=O)c3ccccc32)cc1. The predicted molar refractivity (Wildman–Crippen MR) is 142 cm³/mol. The van der Waals surface area contributed by atoms with Crippen molar-refractivity contribution in [1.29, 1.82) is 0 Å². The number of aromatic nitrogens is 1. The third-order valence-corrected chi connectivity index (χ3v) is 7.29. The molecular formula is C26H19BrN2OS2. The molecule has 0 unspecified atom stereocenters. The Kier molecular flexibility index (Phi) is 5.76. The molecule has 0 spiro atoms. The molecule has 2 heterocycles. The van der Waals surface area contributed by atoms with E-state index >= 15 is 0 Å². The maximum Gasteiger partial charge on any atom is 0.270 e. The van der Waals surface area contributed by atoms with Crippen LogP contribution >= 0.6 is 39.9 Å². The monoisotopic (exact) mass is 518 g/mol. The number of aryl methyl sites for hydroxylation is 1. The van der Waals surface area contributed by atoms with Crippen molar-refractivity contribution in [3.8, 4) is 0 Å². The average molecular weight is 519 g/mol. The van der Waals surface area contributed by atoms with Crippen LogP contribution in [0.1, 0.15) is 16.7 Å². The van der Waals surface area contributed by atoms with Gasteiger partial charge in [0.1, 0.15) is 0 Å². The summed E-state index contributed by atoms with van der Waals surface area (Å²) >= 11 is 10.3. The molecule has 5 rings (SSSR count). The molecule has 0 saturated carbocycles. The molecule has 4 aromatic rings. The number of thioether (sulfide) groups is 1. The van der Waals surface area contributed by atoms with Crippen LogP contribution in [0.15, 0.2) is 88.4 Å². The zero-order valence-electron chi connectivity index (χ0n) is 17.3. The fourth-order valence-electron chi connectivity index (χ4n) is 3.83. The van der Waals surface area contributed by atoms with Gasteiger partial charge in [0.25, 0.3) is 5.91 Å². The number of hydrogen-bond donors (Lipinski definition) is 0. The summed E-state index contributed by atoms with van der Waals surface area (Å²) in [6.07, 6.45) is 4.09. The summed E-state index contributed by atoms with van der Waals surface area (Å²) < 4.78 is 3.75. The summed E-state index contributed by atoms with van der Waals surface area (Å²) in [7, 11) is 0. The zero-order chi connectivity index (χ0) is 22.2. The van der Waals surface area contributed by atoms with Gasteiger partial charge in [0, 0.05) is 33.7 Å². The zero-order valence-corrected chi connectivity index (χ0v) is 20.5. The lowest BCUT2D eigenvalue weighted by molar-refractivity contribution is -0.113. The third kappa shape index (κ3) is 4.06. The number of nitrogens with zero attached hydrogens (tertiary/aromatic N) is 2. The Bertz CT molecular complexity index is 1370. The van der Waals surface area contributed by atoms with Crippen molar-refractivity contribution in [2.75, 3.05) is 4.90 Å². The first-order valence-electron chi connectivity index (χ1n) is 10.2. The molecule has 158 valence electrons. The highest BCUT2D eigenvalue weighted by atomic mass is 79.9. The number of anilines is 1. The van der Waals surface area contributed by atoms with Crippen molar-refractivity contribution in [2.45, 2.75) is 13.5 Å². The van der Waals surface area contributed by atoms with Gasteiger partial charge >= 0.3 is 0 Å². The maximum absolute atomic E-state index is 13.2. The molecule has 6 heteroatoms. The lowest BCUT2D eigenvalue weighted by Gasteiger charge is -2.14. The molecule has 0 aliphatic carbocycles. The maximum atomic E-state index is 13.2. The van der Waals surface area contributed by atoms with Gasteiger partial charge < -0.3 is 4.57 Å². The first-order valence-corrected chi connectivity index (χ1v) is 12.2. The Morgan fingerprint density at radius 3 is 2.47 bits per heavy atom. The molecule has 1 amide bonds. The molecule has 3 nitrogen and oxygen atoms in total. The van der Waals surface area contributed by atoms with Crippen LogP contribution in [0.4, 0.5) is 5.69 Å². The summed E-state index contributed by atoms with van der Waals surface area (Å²) in [5.41, 5.74) is 5.43. The summed E-state index contributed by atoms with van der Waals surface area (Å²) in [6, 6.07) is 24.5. The quantitative estimate of drug-likeness (QED) is 0.211. The van der Waals surface area contributed by atoms with Crippen LogP contribution in [0.5, 0.6) is 0 Å². The highest BCUT2D eigenvalue weighted by Gasteiger charge is 2.33. The van der Waals surface area contributed by atoms with Crippen molar-refractivity contribution >= 4 is 72.8 Å². The van der Waals surface area contributed by atoms with E-state index in [-0.39, 0.29) is 5.91 Å². The molecule has 0 N–H and O–H groups in total. The van der Waals surface area contributed by atoms with E-state index in [9.17, 15) is 4.79 Å². The normalized spacial score (nSPS) is 15.3. The van der Waals surface area contributed by atoms with E-state index in [1.54, 1.807) is 4.90 Å². The molecule has 1 fully saturated rings. The molecular weight excluding hydrogens is 500 g/mol. The Morgan fingerprint density at radius 1 is 1.00 bits per heavy atom. The third-order valence-electron chi connectivity index (χ3n) is 5.46. The fourth-order valence-corrected chi connectivity index (χ4v) is 5.39. The Labute approximate surface area is 204 Å². The number of hydrogen-bond acceptors (Lipinski definition) is 3. The number of rotatable bonds is 4. The minimum atomic E-state index is -0.0855. The van der Waals surface area contributed by atoms with Gasteiger partial charge in [-0.1, -0.05) is 87.9 Å². The molecule has 1 aromatic heterocycles. The number of para-hydroxylation sites is 1. The first-order chi connectivity index (χ1) is 15.5. The number of amides is 1. The van der Waals surface area contributed by atoms with Gasteiger partial charge in [-0.05, 0) is 48.9 Å². The van der Waals surface area contributed by atoms with Crippen LogP contribution in [-0.2, 0) is 11.3 Å².